The molecule has 7 heteroatoms. The zero-order valence-electron chi connectivity index (χ0n) is 18.5. The smallest absolute Gasteiger partial charge is 0.251 e. The SMILES string of the molecule is CCOc1cc(CN2CCOc3ccc(C(=O)NCc4ccccc4F)cc3C2)ccc1O. The molecule has 0 aromatic heterocycles. The Bertz CT molecular complexity index is 1140. The van der Waals surface area contributed by atoms with Crippen molar-refractivity contribution in [2.24, 2.45) is 0 Å². The molecular formula is C26H27FN2O4. The van der Waals surface area contributed by atoms with Gasteiger partial charge in [0.05, 0.1) is 6.61 Å². The number of hydrogen-bond donors (Lipinski definition) is 2. The molecule has 1 aliphatic heterocycles. The van der Waals surface area contributed by atoms with E-state index >= 15 is 0 Å². The average Bonchev–Trinajstić information content (AvgIpc) is 3.01. The molecule has 3 aromatic carbocycles. The zero-order chi connectivity index (χ0) is 23.2. The van der Waals surface area contributed by atoms with Crippen molar-refractivity contribution in [3.05, 3.63) is 88.7 Å². The Labute approximate surface area is 192 Å². The van der Waals surface area contributed by atoms with Crippen LogP contribution in [0.1, 0.15) is 34.0 Å². The molecule has 1 amide bonds. The van der Waals surface area contributed by atoms with Crippen molar-refractivity contribution in [1.82, 2.24) is 10.2 Å². The van der Waals surface area contributed by atoms with Crippen LogP contribution >= 0.6 is 0 Å². The Hall–Kier alpha value is -3.58. The van der Waals surface area contributed by atoms with Crippen LogP contribution in [0.5, 0.6) is 17.2 Å². The van der Waals surface area contributed by atoms with Crippen LogP contribution in [0.3, 0.4) is 0 Å². The molecule has 4 rings (SSSR count). The molecule has 0 aliphatic carbocycles. The van der Waals surface area contributed by atoms with Gasteiger partial charge in [0.25, 0.3) is 5.91 Å². The molecule has 0 saturated carbocycles. The van der Waals surface area contributed by atoms with Crippen LogP contribution in [0.4, 0.5) is 4.39 Å². The van der Waals surface area contributed by atoms with Crippen LogP contribution in [-0.4, -0.2) is 35.7 Å². The van der Waals surface area contributed by atoms with Gasteiger partial charge in [0.1, 0.15) is 18.2 Å². The van der Waals surface area contributed by atoms with Crippen LogP contribution in [0.25, 0.3) is 0 Å². The highest BCUT2D eigenvalue weighted by molar-refractivity contribution is 5.94. The number of phenols is 1. The number of carbonyl (C=O) groups excluding carboxylic acids is 1. The van der Waals surface area contributed by atoms with Gasteiger partial charge in [0, 0.05) is 42.9 Å². The van der Waals surface area contributed by atoms with Crippen LogP contribution in [0, 0.1) is 5.82 Å². The maximum absolute atomic E-state index is 13.8. The van der Waals surface area contributed by atoms with E-state index in [1.165, 1.54) is 6.07 Å². The van der Waals surface area contributed by atoms with Gasteiger partial charge >= 0.3 is 0 Å². The third-order valence-electron chi connectivity index (χ3n) is 5.51. The zero-order valence-corrected chi connectivity index (χ0v) is 18.5. The number of rotatable bonds is 7. The van der Waals surface area contributed by atoms with Crippen molar-refractivity contribution < 1.29 is 23.8 Å². The Morgan fingerprint density at radius 2 is 2.03 bits per heavy atom. The number of nitrogens with zero attached hydrogens (tertiary/aromatic N) is 1. The minimum absolute atomic E-state index is 0.119. The lowest BCUT2D eigenvalue weighted by molar-refractivity contribution is 0.0950. The van der Waals surface area contributed by atoms with E-state index in [1.807, 2.05) is 31.2 Å². The molecule has 0 fully saturated rings. The fourth-order valence-corrected chi connectivity index (χ4v) is 3.83. The molecule has 0 unspecified atom stereocenters. The quantitative estimate of drug-likeness (QED) is 0.563. The maximum atomic E-state index is 13.8. The standard InChI is InChI=1S/C26H27FN2O4/c1-2-32-25-13-18(7-9-23(25)30)16-29-11-12-33-24-10-8-19(14-21(24)17-29)26(31)28-15-20-5-3-4-6-22(20)27/h3-10,13-14,30H,2,11-12,15-17H2,1H3,(H,28,31). The molecule has 0 radical (unpaired) electrons. The molecule has 0 saturated heterocycles. The van der Waals surface area contributed by atoms with Crippen molar-refractivity contribution in [2.45, 2.75) is 26.6 Å². The van der Waals surface area contributed by atoms with Crippen LogP contribution in [0.15, 0.2) is 60.7 Å². The first-order valence-corrected chi connectivity index (χ1v) is 11.0. The third-order valence-corrected chi connectivity index (χ3v) is 5.51. The van der Waals surface area contributed by atoms with Gasteiger partial charge in [-0.05, 0) is 48.9 Å². The summed E-state index contributed by atoms with van der Waals surface area (Å²) < 4.78 is 25.2. The number of nitrogens with one attached hydrogen (secondary N) is 1. The van der Waals surface area contributed by atoms with E-state index in [-0.39, 0.29) is 24.0 Å². The predicted octanol–water partition coefficient (Wildman–Crippen LogP) is 4.25. The Morgan fingerprint density at radius 3 is 2.85 bits per heavy atom. The first-order valence-electron chi connectivity index (χ1n) is 11.0. The number of halogens is 1. The molecule has 3 aromatic rings. The normalized spacial score (nSPS) is 13.5. The van der Waals surface area contributed by atoms with Crippen molar-refractivity contribution in [1.29, 1.82) is 0 Å². The lowest BCUT2D eigenvalue weighted by Gasteiger charge is -2.20. The van der Waals surface area contributed by atoms with E-state index in [0.29, 0.717) is 49.7 Å². The molecule has 6 nitrogen and oxygen atoms in total. The minimum Gasteiger partial charge on any atom is -0.504 e. The second-order valence-corrected chi connectivity index (χ2v) is 7.89. The number of hydrogen-bond acceptors (Lipinski definition) is 5. The monoisotopic (exact) mass is 450 g/mol. The molecule has 0 bridgehead atoms. The van der Waals surface area contributed by atoms with Crippen molar-refractivity contribution in [3.8, 4) is 17.2 Å². The van der Waals surface area contributed by atoms with Gasteiger partial charge in [-0.25, -0.2) is 4.39 Å². The number of ether oxygens (including phenoxy) is 2. The molecule has 0 spiro atoms. The minimum atomic E-state index is -0.342. The van der Waals surface area contributed by atoms with E-state index in [4.69, 9.17) is 9.47 Å². The highest BCUT2D eigenvalue weighted by Crippen LogP contribution is 2.29. The maximum Gasteiger partial charge on any atom is 0.251 e. The van der Waals surface area contributed by atoms with Gasteiger partial charge in [-0.1, -0.05) is 24.3 Å². The van der Waals surface area contributed by atoms with Crippen LogP contribution < -0.4 is 14.8 Å². The fourth-order valence-electron chi connectivity index (χ4n) is 3.83. The Kier molecular flexibility index (Phi) is 7.10. The summed E-state index contributed by atoms with van der Waals surface area (Å²) in [7, 11) is 0. The lowest BCUT2D eigenvalue weighted by atomic mass is 10.1. The number of aromatic hydroxyl groups is 1. The fraction of sp³-hybridized carbons (Fsp3) is 0.269. The average molecular weight is 451 g/mol. The summed E-state index contributed by atoms with van der Waals surface area (Å²) in [6, 6.07) is 17.1. The summed E-state index contributed by atoms with van der Waals surface area (Å²) in [6.07, 6.45) is 0. The molecule has 172 valence electrons. The summed E-state index contributed by atoms with van der Waals surface area (Å²) >= 11 is 0. The van der Waals surface area contributed by atoms with Gasteiger partial charge in [-0.2, -0.15) is 0 Å². The summed E-state index contributed by atoms with van der Waals surface area (Å²) in [5.74, 6) is 0.734. The van der Waals surface area contributed by atoms with Crippen molar-refractivity contribution in [2.75, 3.05) is 19.8 Å². The molecule has 1 aliphatic rings. The van der Waals surface area contributed by atoms with Gasteiger partial charge in [-0.3, -0.25) is 9.69 Å². The van der Waals surface area contributed by atoms with Gasteiger partial charge < -0.3 is 19.9 Å². The Morgan fingerprint density at radius 1 is 1.18 bits per heavy atom. The summed E-state index contributed by atoms with van der Waals surface area (Å²) in [6.45, 7) is 4.97. The Balaban J connectivity index is 1.45. The number of amides is 1. The second kappa shape index (κ2) is 10.4. The third kappa shape index (κ3) is 5.62. The van der Waals surface area contributed by atoms with E-state index in [0.717, 1.165) is 16.9 Å². The van der Waals surface area contributed by atoms with Gasteiger partial charge in [0.15, 0.2) is 11.5 Å². The molecule has 1 heterocycles. The lowest BCUT2D eigenvalue weighted by Crippen LogP contribution is -2.25. The van der Waals surface area contributed by atoms with Crippen molar-refractivity contribution >= 4 is 5.91 Å². The van der Waals surface area contributed by atoms with Gasteiger partial charge in [-0.15, -0.1) is 0 Å². The second-order valence-electron chi connectivity index (χ2n) is 7.89. The summed E-state index contributed by atoms with van der Waals surface area (Å²) in [4.78, 5) is 14.9. The largest absolute Gasteiger partial charge is 0.504 e. The molecule has 0 atom stereocenters. The molecule has 33 heavy (non-hydrogen) atoms. The topological polar surface area (TPSA) is 71.0 Å². The van der Waals surface area contributed by atoms with Crippen LogP contribution in [-0.2, 0) is 19.6 Å². The summed E-state index contributed by atoms with van der Waals surface area (Å²) in [5.41, 5.74) is 2.86. The van der Waals surface area contributed by atoms with E-state index < -0.39 is 0 Å². The number of phenolic OH excluding ortho intramolecular Hbond substituents is 1. The summed E-state index contributed by atoms with van der Waals surface area (Å²) in [5, 5.41) is 12.7. The van der Waals surface area contributed by atoms with E-state index in [1.54, 1.807) is 30.3 Å². The highest BCUT2D eigenvalue weighted by Gasteiger charge is 2.18. The first-order chi connectivity index (χ1) is 16.0. The van der Waals surface area contributed by atoms with Gasteiger partial charge in [0.2, 0.25) is 0 Å². The first kappa shape index (κ1) is 22.6. The number of fused-ring (bicyclic) bond motifs is 1. The predicted molar refractivity (Wildman–Crippen MR) is 123 cm³/mol. The number of benzene rings is 3. The van der Waals surface area contributed by atoms with E-state index in [2.05, 4.69) is 10.2 Å². The molecule has 2 N–H and O–H groups in total. The van der Waals surface area contributed by atoms with Crippen molar-refractivity contribution in [3.63, 3.8) is 0 Å². The van der Waals surface area contributed by atoms with Crippen LogP contribution in [0.2, 0.25) is 0 Å². The highest BCUT2D eigenvalue weighted by atomic mass is 19.1. The number of carbonyl (C=O) groups is 1. The molecular weight excluding hydrogens is 423 g/mol. The van der Waals surface area contributed by atoms with E-state index in [9.17, 15) is 14.3 Å².